The van der Waals surface area contributed by atoms with Crippen LogP contribution in [0.15, 0.2) is 108 Å². The van der Waals surface area contributed by atoms with Crippen LogP contribution in [0.3, 0.4) is 0 Å². The molecule has 0 bridgehead atoms. The molecule has 0 saturated heterocycles. The largest absolute Gasteiger partial charge is 0.507 e. The summed E-state index contributed by atoms with van der Waals surface area (Å²) in [5.74, 6) is 1.09. The van der Waals surface area contributed by atoms with Crippen LogP contribution in [0, 0.1) is 6.92 Å². The van der Waals surface area contributed by atoms with Crippen molar-refractivity contribution in [2.24, 2.45) is 4.99 Å². The van der Waals surface area contributed by atoms with Crippen LogP contribution in [0.1, 0.15) is 36.1 Å². The van der Waals surface area contributed by atoms with Gasteiger partial charge in [-0.1, -0.05) is 98.8 Å². The summed E-state index contributed by atoms with van der Waals surface area (Å²) < 4.78 is 5.70. The molecule has 37 heavy (non-hydrogen) atoms. The van der Waals surface area contributed by atoms with Crippen molar-refractivity contribution in [3.8, 4) is 22.6 Å². The van der Waals surface area contributed by atoms with E-state index in [1.54, 1.807) is 13.3 Å². The second-order valence-electron chi connectivity index (χ2n) is 9.88. The number of ether oxygens (including phenoxy) is 1. The summed E-state index contributed by atoms with van der Waals surface area (Å²) in [7, 11) is 1.70. The lowest BCUT2D eigenvalue weighted by Gasteiger charge is -2.28. The van der Waals surface area contributed by atoms with Gasteiger partial charge in [0.05, 0.1) is 12.8 Å². The fraction of sp³-hybridized carbons (Fsp3) is 0.147. The quantitative estimate of drug-likeness (QED) is 0.245. The molecule has 3 heteroatoms. The van der Waals surface area contributed by atoms with Gasteiger partial charge >= 0.3 is 0 Å². The Morgan fingerprint density at radius 1 is 0.784 bits per heavy atom. The van der Waals surface area contributed by atoms with E-state index in [1.807, 2.05) is 54.6 Å². The third-order valence-electron chi connectivity index (χ3n) is 7.08. The van der Waals surface area contributed by atoms with Crippen molar-refractivity contribution in [1.29, 1.82) is 0 Å². The van der Waals surface area contributed by atoms with Gasteiger partial charge in [0, 0.05) is 33.7 Å². The van der Waals surface area contributed by atoms with E-state index in [0.29, 0.717) is 5.56 Å². The molecule has 5 aromatic carbocycles. The van der Waals surface area contributed by atoms with E-state index in [0.717, 1.165) is 50.0 Å². The highest BCUT2D eigenvalue weighted by atomic mass is 16.5. The predicted octanol–water partition coefficient (Wildman–Crippen LogP) is 8.61. The molecule has 0 aliphatic rings. The molecule has 0 saturated carbocycles. The molecular weight excluding hydrogens is 454 g/mol. The Morgan fingerprint density at radius 3 is 2.22 bits per heavy atom. The zero-order chi connectivity index (χ0) is 26.0. The molecule has 0 radical (unpaired) electrons. The summed E-state index contributed by atoms with van der Waals surface area (Å²) in [6.45, 7) is 6.33. The van der Waals surface area contributed by atoms with E-state index in [9.17, 15) is 5.11 Å². The number of para-hydroxylation sites is 1. The van der Waals surface area contributed by atoms with E-state index in [2.05, 4.69) is 69.3 Å². The molecule has 0 aliphatic carbocycles. The van der Waals surface area contributed by atoms with Gasteiger partial charge in [-0.05, 0) is 47.2 Å². The molecule has 0 atom stereocenters. The number of methoxy groups -OCH3 is 1. The smallest absolute Gasteiger partial charge is 0.128 e. The van der Waals surface area contributed by atoms with Crippen molar-refractivity contribution in [3.63, 3.8) is 0 Å². The van der Waals surface area contributed by atoms with E-state index >= 15 is 0 Å². The first-order valence-corrected chi connectivity index (χ1v) is 12.5. The average Bonchev–Trinajstić information content (AvgIpc) is 2.93. The van der Waals surface area contributed by atoms with Gasteiger partial charge in [0.1, 0.15) is 11.5 Å². The number of hydrogen-bond donors (Lipinski definition) is 1. The molecule has 1 N–H and O–H groups in total. The molecule has 0 aromatic heterocycles. The van der Waals surface area contributed by atoms with Crippen molar-refractivity contribution in [2.45, 2.75) is 26.2 Å². The highest BCUT2D eigenvalue weighted by Crippen LogP contribution is 2.41. The van der Waals surface area contributed by atoms with E-state index in [-0.39, 0.29) is 11.2 Å². The zero-order valence-corrected chi connectivity index (χ0v) is 21.7. The Morgan fingerprint density at radius 2 is 1.46 bits per heavy atom. The standard InChI is InChI=1S/C34H31NO2/c1-23-20-25(33(36)29(21-23)34(2,3)26-14-6-5-7-15-26)22-35-30-18-9-8-16-27(30)28-17-10-12-24-13-11-19-31(37-4)32(24)28/h5-22,36H,1-4H3. The van der Waals surface area contributed by atoms with Gasteiger partial charge < -0.3 is 9.84 Å². The van der Waals surface area contributed by atoms with Crippen LogP contribution in [0.4, 0.5) is 5.69 Å². The fourth-order valence-electron chi connectivity index (χ4n) is 5.05. The molecule has 5 aromatic rings. The maximum atomic E-state index is 11.4. The Balaban J connectivity index is 1.60. The maximum Gasteiger partial charge on any atom is 0.128 e. The van der Waals surface area contributed by atoms with Crippen molar-refractivity contribution < 1.29 is 9.84 Å². The van der Waals surface area contributed by atoms with Gasteiger partial charge in [-0.2, -0.15) is 0 Å². The number of aliphatic imine (C=N–C) groups is 1. The lowest BCUT2D eigenvalue weighted by atomic mass is 9.76. The minimum atomic E-state index is -0.364. The van der Waals surface area contributed by atoms with Crippen LogP contribution >= 0.6 is 0 Å². The topological polar surface area (TPSA) is 41.8 Å². The highest BCUT2D eigenvalue weighted by Gasteiger charge is 2.27. The second-order valence-corrected chi connectivity index (χ2v) is 9.88. The molecule has 0 unspecified atom stereocenters. The first-order valence-electron chi connectivity index (χ1n) is 12.5. The van der Waals surface area contributed by atoms with Gasteiger partial charge in [-0.25, -0.2) is 0 Å². The Kier molecular flexibility index (Phi) is 6.54. The molecule has 0 amide bonds. The van der Waals surface area contributed by atoms with E-state index in [4.69, 9.17) is 9.73 Å². The summed E-state index contributed by atoms with van der Waals surface area (Å²) in [5, 5.41) is 13.5. The molecule has 0 aliphatic heterocycles. The maximum absolute atomic E-state index is 11.4. The number of hydrogen-bond acceptors (Lipinski definition) is 3. The van der Waals surface area contributed by atoms with Gasteiger partial charge in [0.2, 0.25) is 0 Å². The summed E-state index contributed by atoms with van der Waals surface area (Å²) >= 11 is 0. The minimum Gasteiger partial charge on any atom is -0.507 e. The molecule has 0 heterocycles. The van der Waals surface area contributed by atoms with Crippen LogP contribution in [0.5, 0.6) is 11.5 Å². The predicted molar refractivity (Wildman–Crippen MR) is 155 cm³/mol. The van der Waals surface area contributed by atoms with Crippen molar-refractivity contribution in [3.05, 3.63) is 125 Å². The summed E-state index contributed by atoms with van der Waals surface area (Å²) in [4.78, 5) is 4.89. The van der Waals surface area contributed by atoms with Crippen LogP contribution < -0.4 is 4.74 Å². The van der Waals surface area contributed by atoms with Crippen LogP contribution in [-0.2, 0) is 5.41 Å². The number of phenolic OH excluding ortho intramolecular Hbond substituents is 1. The normalized spacial score (nSPS) is 11.8. The SMILES string of the molecule is COc1cccc2cccc(-c3ccccc3N=Cc3cc(C)cc(C(C)(C)c4ccccc4)c3O)c12. The summed E-state index contributed by atoms with van der Waals surface area (Å²) in [5.41, 5.74) is 6.33. The molecule has 184 valence electrons. The van der Waals surface area contributed by atoms with Gasteiger partial charge in [-0.15, -0.1) is 0 Å². The highest BCUT2D eigenvalue weighted by molar-refractivity contribution is 6.03. The Bertz CT molecular complexity index is 1590. The van der Waals surface area contributed by atoms with Crippen LogP contribution in [0.2, 0.25) is 0 Å². The minimum absolute atomic E-state index is 0.257. The number of phenols is 1. The van der Waals surface area contributed by atoms with Gasteiger partial charge in [0.25, 0.3) is 0 Å². The number of rotatable bonds is 6. The van der Waals surface area contributed by atoms with Crippen molar-refractivity contribution in [2.75, 3.05) is 7.11 Å². The second kappa shape index (κ2) is 9.94. The molecular formula is C34H31NO2. The van der Waals surface area contributed by atoms with Crippen molar-refractivity contribution in [1.82, 2.24) is 0 Å². The molecule has 0 fully saturated rings. The zero-order valence-electron chi connectivity index (χ0n) is 21.7. The molecule has 3 nitrogen and oxygen atoms in total. The first-order chi connectivity index (χ1) is 17.9. The van der Waals surface area contributed by atoms with Crippen LogP contribution in [-0.4, -0.2) is 18.4 Å². The molecule has 5 rings (SSSR count). The first kappa shape index (κ1) is 24.3. The summed E-state index contributed by atoms with van der Waals surface area (Å²) in [6.07, 6.45) is 1.77. The van der Waals surface area contributed by atoms with Crippen LogP contribution in [0.25, 0.3) is 21.9 Å². The lowest BCUT2D eigenvalue weighted by Crippen LogP contribution is -2.19. The number of fused-ring (bicyclic) bond motifs is 1. The number of benzene rings is 5. The number of nitrogens with zero attached hydrogens (tertiary/aromatic N) is 1. The number of aryl methyl sites for hydroxylation is 1. The Labute approximate surface area is 218 Å². The monoisotopic (exact) mass is 485 g/mol. The average molecular weight is 486 g/mol. The third kappa shape index (κ3) is 4.61. The Hall–Kier alpha value is -4.37. The number of aromatic hydroxyl groups is 1. The van der Waals surface area contributed by atoms with Gasteiger partial charge in [0.15, 0.2) is 0 Å². The third-order valence-corrected chi connectivity index (χ3v) is 7.08. The lowest BCUT2D eigenvalue weighted by molar-refractivity contribution is 0.420. The molecule has 0 spiro atoms. The van der Waals surface area contributed by atoms with E-state index < -0.39 is 0 Å². The van der Waals surface area contributed by atoms with Crippen molar-refractivity contribution >= 4 is 22.7 Å². The summed E-state index contributed by atoms with van der Waals surface area (Å²) in [6, 6.07) is 34.7. The van der Waals surface area contributed by atoms with E-state index in [1.165, 1.54) is 0 Å². The van der Waals surface area contributed by atoms with Gasteiger partial charge in [-0.3, -0.25) is 4.99 Å². The fourth-order valence-corrected chi connectivity index (χ4v) is 5.05.